The highest BCUT2D eigenvalue weighted by atomic mass is 16.5. The highest BCUT2D eigenvalue weighted by Gasteiger charge is 2.23. The van der Waals surface area contributed by atoms with Crippen molar-refractivity contribution in [1.29, 1.82) is 0 Å². The van der Waals surface area contributed by atoms with Crippen molar-refractivity contribution < 1.29 is 4.52 Å². The molecule has 0 aliphatic carbocycles. The van der Waals surface area contributed by atoms with Crippen LogP contribution >= 0.6 is 0 Å². The lowest BCUT2D eigenvalue weighted by Crippen LogP contribution is -2.44. The molecule has 21 heavy (non-hydrogen) atoms. The van der Waals surface area contributed by atoms with Crippen LogP contribution in [-0.4, -0.2) is 41.2 Å². The Morgan fingerprint density at radius 1 is 1.29 bits per heavy atom. The molecule has 1 saturated heterocycles. The van der Waals surface area contributed by atoms with Crippen molar-refractivity contribution >= 4 is 0 Å². The number of hydrogen-bond acceptors (Lipinski definition) is 5. The molecular formula is C16H22N4O. The Labute approximate surface area is 125 Å². The summed E-state index contributed by atoms with van der Waals surface area (Å²) in [6.45, 7) is 2.86. The number of likely N-dealkylation sites (tertiary alicyclic amines) is 1. The van der Waals surface area contributed by atoms with Gasteiger partial charge in [-0.15, -0.1) is 0 Å². The van der Waals surface area contributed by atoms with E-state index in [1.807, 2.05) is 37.4 Å². The maximum absolute atomic E-state index is 5.43. The summed E-state index contributed by atoms with van der Waals surface area (Å²) in [4.78, 5) is 6.98. The predicted molar refractivity (Wildman–Crippen MR) is 81.7 cm³/mol. The van der Waals surface area contributed by atoms with Gasteiger partial charge in [-0.25, -0.2) is 0 Å². The minimum Gasteiger partial charge on any atom is -0.338 e. The van der Waals surface area contributed by atoms with Crippen LogP contribution in [0.25, 0.3) is 11.4 Å². The summed E-state index contributed by atoms with van der Waals surface area (Å²) in [5.74, 6) is 1.38. The molecule has 1 aliphatic heterocycles. The fourth-order valence-corrected chi connectivity index (χ4v) is 2.93. The summed E-state index contributed by atoms with van der Waals surface area (Å²) in [7, 11) is 2.01. The van der Waals surface area contributed by atoms with Gasteiger partial charge in [-0.1, -0.05) is 41.9 Å². The molecule has 1 atom stereocenters. The molecule has 1 aromatic heterocycles. The molecule has 3 rings (SSSR count). The second-order valence-electron chi connectivity index (χ2n) is 5.56. The number of piperidine rings is 1. The number of nitrogens with zero attached hydrogens (tertiary/aromatic N) is 3. The zero-order chi connectivity index (χ0) is 14.5. The molecule has 0 amide bonds. The maximum Gasteiger partial charge on any atom is 0.241 e. The van der Waals surface area contributed by atoms with Crippen molar-refractivity contribution in [3.63, 3.8) is 0 Å². The first-order chi connectivity index (χ1) is 10.4. The summed E-state index contributed by atoms with van der Waals surface area (Å²) >= 11 is 0. The van der Waals surface area contributed by atoms with Crippen LogP contribution in [-0.2, 0) is 6.54 Å². The highest BCUT2D eigenvalue weighted by Crippen LogP contribution is 2.20. The second kappa shape index (κ2) is 6.83. The van der Waals surface area contributed by atoms with Crippen LogP contribution in [0.2, 0.25) is 0 Å². The Balaban J connectivity index is 1.69. The van der Waals surface area contributed by atoms with Gasteiger partial charge in [0, 0.05) is 18.2 Å². The van der Waals surface area contributed by atoms with Gasteiger partial charge >= 0.3 is 0 Å². The fourth-order valence-electron chi connectivity index (χ4n) is 2.93. The molecule has 0 bridgehead atoms. The van der Waals surface area contributed by atoms with Gasteiger partial charge in [-0.05, 0) is 26.4 Å². The molecule has 2 heterocycles. The second-order valence-corrected chi connectivity index (χ2v) is 5.56. The lowest BCUT2D eigenvalue weighted by molar-refractivity contribution is 0.123. The van der Waals surface area contributed by atoms with Gasteiger partial charge in [0.25, 0.3) is 0 Å². The van der Waals surface area contributed by atoms with E-state index < -0.39 is 0 Å². The van der Waals surface area contributed by atoms with Crippen molar-refractivity contribution in [3.8, 4) is 11.4 Å². The van der Waals surface area contributed by atoms with E-state index in [0.717, 1.165) is 25.2 Å². The molecule has 1 N–H and O–H groups in total. The predicted octanol–water partition coefficient (Wildman–Crippen LogP) is 2.31. The van der Waals surface area contributed by atoms with Crippen molar-refractivity contribution in [1.82, 2.24) is 20.4 Å². The van der Waals surface area contributed by atoms with Gasteiger partial charge in [-0.2, -0.15) is 4.98 Å². The van der Waals surface area contributed by atoms with Crippen LogP contribution in [0.3, 0.4) is 0 Å². The molecule has 5 heteroatoms. The molecule has 0 radical (unpaired) electrons. The third-order valence-electron chi connectivity index (χ3n) is 4.03. The van der Waals surface area contributed by atoms with Crippen molar-refractivity contribution in [2.45, 2.75) is 31.8 Å². The van der Waals surface area contributed by atoms with Crippen LogP contribution in [0, 0.1) is 0 Å². The van der Waals surface area contributed by atoms with Crippen LogP contribution in [0.5, 0.6) is 0 Å². The zero-order valence-corrected chi connectivity index (χ0v) is 12.5. The summed E-state index contributed by atoms with van der Waals surface area (Å²) in [6, 6.07) is 10.5. The van der Waals surface area contributed by atoms with Gasteiger partial charge in [0.1, 0.15) is 0 Å². The van der Waals surface area contributed by atoms with E-state index in [-0.39, 0.29) is 0 Å². The van der Waals surface area contributed by atoms with Crippen LogP contribution in [0.4, 0.5) is 0 Å². The Bertz CT molecular complexity index is 552. The molecule has 2 aromatic rings. The SMILES string of the molecule is CNCC1CCCCN1Cc1nc(-c2ccccc2)no1. The van der Waals surface area contributed by atoms with E-state index in [0.29, 0.717) is 17.8 Å². The summed E-state index contributed by atoms with van der Waals surface area (Å²) in [6.07, 6.45) is 3.79. The molecule has 1 aromatic carbocycles. The smallest absolute Gasteiger partial charge is 0.241 e. The molecule has 112 valence electrons. The maximum atomic E-state index is 5.43. The van der Waals surface area contributed by atoms with E-state index >= 15 is 0 Å². The third-order valence-corrected chi connectivity index (χ3v) is 4.03. The minimum atomic E-state index is 0.566. The van der Waals surface area contributed by atoms with Gasteiger partial charge < -0.3 is 9.84 Å². The zero-order valence-electron chi connectivity index (χ0n) is 12.5. The number of benzene rings is 1. The average molecular weight is 286 g/mol. The molecule has 1 fully saturated rings. The van der Waals surface area contributed by atoms with Crippen LogP contribution in [0.15, 0.2) is 34.9 Å². The van der Waals surface area contributed by atoms with Crippen LogP contribution < -0.4 is 5.32 Å². The van der Waals surface area contributed by atoms with E-state index in [1.54, 1.807) is 0 Å². The number of nitrogens with one attached hydrogen (secondary N) is 1. The third kappa shape index (κ3) is 3.49. The Hall–Kier alpha value is -1.72. The summed E-state index contributed by atoms with van der Waals surface area (Å²) in [5.41, 5.74) is 0.998. The molecule has 1 aliphatic rings. The van der Waals surface area contributed by atoms with Gasteiger partial charge in [0.15, 0.2) is 0 Å². The first-order valence-corrected chi connectivity index (χ1v) is 7.63. The van der Waals surface area contributed by atoms with Crippen molar-refractivity contribution in [2.24, 2.45) is 0 Å². The lowest BCUT2D eigenvalue weighted by Gasteiger charge is -2.34. The summed E-state index contributed by atoms with van der Waals surface area (Å²) < 4.78 is 5.43. The molecule has 0 spiro atoms. The van der Waals surface area contributed by atoms with Crippen molar-refractivity contribution in [3.05, 3.63) is 36.2 Å². The van der Waals surface area contributed by atoms with Crippen LogP contribution in [0.1, 0.15) is 25.2 Å². The minimum absolute atomic E-state index is 0.566. The van der Waals surface area contributed by atoms with E-state index in [2.05, 4.69) is 20.4 Å². The van der Waals surface area contributed by atoms with E-state index in [1.165, 1.54) is 19.3 Å². The van der Waals surface area contributed by atoms with Gasteiger partial charge in [0.05, 0.1) is 6.54 Å². The molecule has 5 nitrogen and oxygen atoms in total. The number of aromatic nitrogens is 2. The van der Waals surface area contributed by atoms with Gasteiger partial charge in [-0.3, -0.25) is 4.90 Å². The molecule has 1 unspecified atom stereocenters. The lowest BCUT2D eigenvalue weighted by atomic mass is 10.0. The van der Waals surface area contributed by atoms with Crippen molar-refractivity contribution in [2.75, 3.05) is 20.1 Å². The summed E-state index contributed by atoms with van der Waals surface area (Å²) in [5, 5.41) is 7.37. The van der Waals surface area contributed by atoms with Gasteiger partial charge in [0.2, 0.25) is 11.7 Å². The largest absolute Gasteiger partial charge is 0.338 e. The standard InChI is InChI=1S/C16H22N4O/c1-17-11-14-9-5-6-10-20(14)12-15-18-16(19-21-15)13-7-3-2-4-8-13/h2-4,7-8,14,17H,5-6,9-12H2,1H3. The number of rotatable bonds is 5. The monoisotopic (exact) mass is 286 g/mol. The van der Waals surface area contributed by atoms with E-state index in [9.17, 15) is 0 Å². The molecule has 0 saturated carbocycles. The Morgan fingerprint density at radius 3 is 2.95 bits per heavy atom. The first-order valence-electron chi connectivity index (χ1n) is 7.63. The highest BCUT2D eigenvalue weighted by molar-refractivity contribution is 5.53. The Morgan fingerprint density at radius 2 is 2.14 bits per heavy atom. The fraction of sp³-hybridized carbons (Fsp3) is 0.500. The normalized spacial score (nSPS) is 19.8. The quantitative estimate of drug-likeness (QED) is 0.914. The number of hydrogen-bond donors (Lipinski definition) is 1. The van der Waals surface area contributed by atoms with E-state index in [4.69, 9.17) is 4.52 Å². The topological polar surface area (TPSA) is 54.2 Å². The Kier molecular flexibility index (Phi) is 4.62. The average Bonchev–Trinajstić information content (AvgIpc) is 2.99. The molecular weight excluding hydrogens is 264 g/mol. The number of likely N-dealkylation sites (N-methyl/N-ethyl adjacent to an activating group) is 1. The first kappa shape index (κ1) is 14.2.